The molecular weight excluding hydrogens is 239 g/mol. The van der Waals surface area contributed by atoms with Crippen LogP contribution in [0, 0.1) is 16.7 Å². The Morgan fingerprint density at radius 2 is 1.89 bits per heavy atom. The molecule has 1 aromatic carbocycles. The zero-order valence-electron chi connectivity index (χ0n) is 9.93. The van der Waals surface area contributed by atoms with Crippen molar-refractivity contribution in [2.75, 3.05) is 0 Å². The maximum atomic E-state index is 12.6. The van der Waals surface area contributed by atoms with E-state index in [1.54, 1.807) is 6.07 Å². The summed E-state index contributed by atoms with van der Waals surface area (Å²) in [5, 5.41) is 9.23. The predicted molar refractivity (Wildman–Crippen MR) is 61.7 cm³/mol. The second-order valence-electron chi connectivity index (χ2n) is 4.97. The molecule has 0 radical (unpaired) electrons. The summed E-state index contributed by atoms with van der Waals surface area (Å²) in [5.74, 6) is 0. The van der Waals surface area contributed by atoms with Gasteiger partial charge in [0.1, 0.15) is 0 Å². The summed E-state index contributed by atoms with van der Waals surface area (Å²) in [6, 6.07) is 7.62. The molecule has 0 N–H and O–H groups in total. The van der Waals surface area contributed by atoms with Crippen LogP contribution in [0.4, 0.5) is 13.2 Å². The number of nitriles is 1. The minimum absolute atomic E-state index is 0.424. The summed E-state index contributed by atoms with van der Waals surface area (Å²) in [7, 11) is 0. The van der Waals surface area contributed by atoms with Gasteiger partial charge in [-0.15, -0.1) is 0 Å². The van der Waals surface area contributed by atoms with Crippen molar-refractivity contribution in [3.05, 3.63) is 35.4 Å². The lowest BCUT2D eigenvalue weighted by Crippen LogP contribution is -2.17. The van der Waals surface area contributed by atoms with Crippen LogP contribution in [0.1, 0.15) is 36.8 Å². The van der Waals surface area contributed by atoms with Gasteiger partial charge in [-0.1, -0.05) is 31.0 Å². The van der Waals surface area contributed by atoms with E-state index in [1.807, 2.05) is 0 Å². The smallest absolute Gasteiger partial charge is 0.198 e. The van der Waals surface area contributed by atoms with Crippen molar-refractivity contribution in [2.45, 2.75) is 38.3 Å². The molecule has 0 saturated heterocycles. The lowest BCUT2D eigenvalue weighted by atomic mass is 9.81. The topological polar surface area (TPSA) is 23.8 Å². The number of hydrogen-bond acceptors (Lipinski definition) is 1. The van der Waals surface area contributed by atoms with Crippen molar-refractivity contribution in [1.29, 1.82) is 5.26 Å². The van der Waals surface area contributed by atoms with Gasteiger partial charge in [0.2, 0.25) is 0 Å². The van der Waals surface area contributed by atoms with Crippen LogP contribution < -0.4 is 0 Å². The first-order chi connectivity index (χ1) is 8.45. The molecule has 0 amide bonds. The summed E-state index contributed by atoms with van der Waals surface area (Å²) in [4.78, 5) is 0. The van der Waals surface area contributed by atoms with Gasteiger partial charge in [0.25, 0.3) is 0 Å². The fraction of sp³-hybridized carbons (Fsp3) is 0.500. The number of halogens is 3. The number of rotatable bonds is 2. The van der Waals surface area contributed by atoms with Crippen LogP contribution in [0.2, 0.25) is 0 Å². The minimum atomic E-state index is -4.31. The quantitative estimate of drug-likeness (QED) is 0.769. The van der Waals surface area contributed by atoms with Crippen LogP contribution in [0.15, 0.2) is 24.3 Å². The van der Waals surface area contributed by atoms with Gasteiger partial charge >= 0.3 is 6.18 Å². The molecule has 1 nitrogen and oxygen atoms in total. The van der Waals surface area contributed by atoms with E-state index in [4.69, 9.17) is 0 Å². The lowest BCUT2D eigenvalue weighted by Gasteiger charge is -2.20. The Labute approximate surface area is 104 Å². The lowest BCUT2D eigenvalue weighted by molar-refractivity contribution is -0.137. The normalized spacial score (nSPS) is 18.6. The van der Waals surface area contributed by atoms with Gasteiger partial charge in [0, 0.05) is 0 Å². The van der Waals surface area contributed by atoms with Gasteiger partial charge in [-0.25, -0.2) is 0 Å². The Morgan fingerprint density at radius 1 is 1.22 bits per heavy atom. The summed E-state index contributed by atoms with van der Waals surface area (Å²) < 4.78 is 37.8. The Bertz CT molecular complexity index is 465. The van der Waals surface area contributed by atoms with E-state index >= 15 is 0 Å². The van der Waals surface area contributed by atoms with E-state index in [2.05, 4.69) is 6.07 Å². The molecule has 0 aromatic heterocycles. The maximum Gasteiger partial charge on any atom is 0.416 e. The zero-order valence-corrected chi connectivity index (χ0v) is 9.93. The summed E-state index contributed by atoms with van der Waals surface area (Å²) in [5.41, 5.74) is -0.483. The van der Waals surface area contributed by atoms with Gasteiger partial charge in [-0.05, 0) is 30.9 Å². The molecule has 0 heterocycles. The highest BCUT2D eigenvalue weighted by Gasteiger charge is 2.35. The highest BCUT2D eigenvalue weighted by atomic mass is 19.4. The summed E-state index contributed by atoms with van der Waals surface area (Å²) in [6.07, 6.45) is -0.322. The molecule has 1 aliphatic carbocycles. The second-order valence-corrected chi connectivity index (χ2v) is 4.97. The van der Waals surface area contributed by atoms with E-state index < -0.39 is 17.2 Å². The average Bonchev–Trinajstić information content (AvgIpc) is 2.77. The zero-order chi connectivity index (χ0) is 13.2. The SMILES string of the molecule is N#CC1(Cc2cccc(C(F)(F)F)c2)CCCC1. The molecule has 2 rings (SSSR count). The first-order valence-corrected chi connectivity index (χ1v) is 6.03. The second kappa shape index (κ2) is 4.64. The molecule has 1 saturated carbocycles. The Balaban J connectivity index is 2.22. The van der Waals surface area contributed by atoms with Crippen molar-refractivity contribution in [3.8, 4) is 6.07 Å². The molecule has 1 aromatic rings. The molecule has 0 unspecified atom stereocenters. The number of benzene rings is 1. The van der Waals surface area contributed by atoms with Gasteiger partial charge in [-0.2, -0.15) is 18.4 Å². The van der Waals surface area contributed by atoms with Crippen LogP contribution in [0.5, 0.6) is 0 Å². The van der Waals surface area contributed by atoms with Crippen molar-refractivity contribution in [1.82, 2.24) is 0 Å². The van der Waals surface area contributed by atoms with E-state index in [-0.39, 0.29) is 0 Å². The van der Waals surface area contributed by atoms with Crippen LogP contribution in [0.3, 0.4) is 0 Å². The molecular formula is C14H14F3N. The van der Waals surface area contributed by atoms with Crippen molar-refractivity contribution >= 4 is 0 Å². The third-order valence-electron chi connectivity index (χ3n) is 3.59. The summed E-state index contributed by atoms with van der Waals surface area (Å²) >= 11 is 0. The van der Waals surface area contributed by atoms with Crippen molar-refractivity contribution < 1.29 is 13.2 Å². The Kier molecular flexibility index (Phi) is 3.34. The van der Waals surface area contributed by atoms with Crippen LogP contribution in [-0.2, 0) is 12.6 Å². The maximum absolute atomic E-state index is 12.6. The highest BCUT2D eigenvalue weighted by molar-refractivity contribution is 5.28. The Morgan fingerprint density at radius 3 is 2.44 bits per heavy atom. The molecule has 18 heavy (non-hydrogen) atoms. The molecule has 0 bridgehead atoms. The van der Waals surface area contributed by atoms with Crippen LogP contribution in [0.25, 0.3) is 0 Å². The third kappa shape index (κ3) is 2.66. The molecule has 1 fully saturated rings. The van der Waals surface area contributed by atoms with Gasteiger partial charge in [0.05, 0.1) is 17.0 Å². The highest BCUT2D eigenvalue weighted by Crippen LogP contribution is 2.41. The average molecular weight is 253 g/mol. The molecule has 96 valence electrons. The largest absolute Gasteiger partial charge is 0.416 e. The van der Waals surface area contributed by atoms with Crippen LogP contribution >= 0.6 is 0 Å². The van der Waals surface area contributed by atoms with E-state index in [0.29, 0.717) is 12.0 Å². The molecule has 1 aliphatic rings. The van der Waals surface area contributed by atoms with Crippen molar-refractivity contribution in [2.24, 2.45) is 5.41 Å². The Hall–Kier alpha value is -1.50. The fourth-order valence-corrected chi connectivity index (χ4v) is 2.63. The van der Waals surface area contributed by atoms with Gasteiger partial charge < -0.3 is 0 Å². The number of nitrogens with zero attached hydrogens (tertiary/aromatic N) is 1. The molecule has 0 spiro atoms. The van der Waals surface area contributed by atoms with Gasteiger partial charge in [-0.3, -0.25) is 0 Å². The fourth-order valence-electron chi connectivity index (χ4n) is 2.63. The van der Waals surface area contributed by atoms with Gasteiger partial charge in [0.15, 0.2) is 0 Å². The predicted octanol–water partition coefficient (Wildman–Crippen LogP) is 4.33. The monoisotopic (exact) mass is 253 g/mol. The van der Waals surface area contributed by atoms with E-state index in [1.165, 1.54) is 6.07 Å². The van der Waals surface area contributed by atoms with Crippen LogP contribution in [-0.4, -0.2) is 0 Å². The standard InChI is InChI=1S/C14H14F3N/c15-14(16,17)12-5-3-4-11(8-12)9-13(10-18)6-1-2-7-13/h3-5,8H,1-2,6-7,9H2. The van der Waals surface area contributed by atoms with E-state index in [9.17, 15) is 18.4 Å². The molecule has 0 aliphatic heterocycles. The first-order valence-electron chi connectivity index (χ1n) is 6.03. The van der Waals surface area contributed by atoms with E-state index in [0.717, 1.165) is 37.8 Å². The number of hydrogen-bond donors (Lipinski definition) is 0. The third-order valence-corrected chi connectivity index (χ3v) is 3.59. The first kappa shape index (κ1) is 12.9. The molecule has 0 atom stereocenters. The summed E-state index contributed by atoms with van der Waals surface area (Å²) in [6.45, 7) is 0. The molecule has 4 heteroatoms. The number of alkyl halides is 3. The minimum Gasteiger partial charge on any atom is -0.198 e. The van der Waals surface area contributed by atoms with Crippen molar-refractivity contribution in [3.63, 3.8) is 0 Å².